The molecule has 0 amide bonds. The summed E-state index contributed by atoms with van der Waals surface area (Å²) in [5.74, 6) is 0.380. The van der Waals surface area contributed by atoms with E-state index in [0.717, 1.165) is 6.07 Å². The Bertz CT molecular complexity index is 699. The molecule has 108 valence electrons. The second kappa shape index (κ2) is 5.78. The summed E-state index contributed by atoms with van der Waals surface area (Å²) < 4.78 is 37.0. The molecule has 0 aliphatic heterocycles. The van der Waals surface area contributed by atoms with E-state index < -0.39 is 10.1 Å². The summed E-state index contributed by atoms with van der Waals surface area (Å²) in [6.07, 6.45) is 0. The van der Waals surface area contributed by atoms with E-state index in [0.29, 0.717) is 11.4 Å². The highest BCUT2D eigenvalue weighted by molar-refractivity contribution is 7.86. The van der Waals surface area contributed by atoms with Crippen LogP contribution < -0.4 is 22.4 Å². The Morgan fingerprint density at radius 1 is 0.950 bits per heavy atom. The maximum atomic E-state index is 11.3. The topological polar surface area (TPSA) is 151 Å². The lowest BCUT2D eigenvalue weighted by Gasteiger charge is -2.10. The molecule has 0 spiro atoms. The molecular weight excluding hydrogens is 282 g/mol. The fourth-order valence-corrected chi connectivity index (χ4v) is 2.12. The lowest BCUT2D eigenvalue weighted by molar-refractivity contribution is 0.450. The number of nitrogens with two attached hydrogens (primary N) is 2. The van der Waals surface area contributed by atoms with Gasteiger partial charge in [-0.15, -0.1) is 0 Å². The third-order valence-corrected chi connectivity index (χ3v) is 3.23. The molecule has 0 bridgehead atoms. The van der Waals surface area contributed by atoms with Crippen LogP contribution in [0.5, 0.6) is 11.5 Å². The van der Waals surface area contributed by atoms with E-state index in [1.165, 1.54) is 12.1 Å². The number of ether oxygens (including phenoxy) is 1. The number of benzene rings is 2. The van der Waals surface area contributed by atoms with E-state index >= 15 is 0 Å². The monoisotopic (exact) mass is 297 g/mol. The zero-order valence-corrected chi connectivity index (χ0v) is 11.3. The molecule has 0 radical (unpaired) electrons. The van der Waals surface area contributed by atoms with Crippen molar-refractivity contribution in [1.29, 1.82) is 0 Å². The van der Waals surface area contributed by atoms with Crippen molar-refractivity contribution in [2.45, 2.75) is 4.90 Å². The molecule has 0 heterocycles. The molecule has 0 fully saturated rings. The van der Waals surface area contributed by atoms with Gasteiger partial charge in [0.15, 0.2) is 0 Å². The summed E-state index contributed by atoms with van der Waals surface area (Å²) >= 11 is 0. The number of hydrogen-bond donors (Lipinski definition) is 4. The van der Waals surface area contributed by atoms with Crippen molar-refractivity contribution in [1.82, 2.24) is 6.15 Å². The Balaban J connectivity index is 0.00000200. The number of rotatable bonds is 3. The van der Waals surface area contributed by atoms with Gasteiger partial charge in [-0.3, -0.25) is 4.55 Å². The average molecular weight is 297 g/mol. The van der Waals surface area contributed by atoms with E-state index in [2.05, 4.69) is 0 Å². The van der Waals surface area contributed by atoms with E-state index in [4.69, 9.17) is 20.8 Å². The molecule has 0 aromatic heterocycles. The molecule has 8 N–H and O–H groups in total. The van der Waals surface area contributed by atoms with Crippen molar-refractivity contribution >= 4 is 21.5 Å². The van der Waals surface area contributed by atoms with Crippen molar-refractivity contribution in [2.24, 2.45) is 0 Å². The predicted molar refractivity (Wildman–Crippen MR) is 76.6 cm³/mol. The molecule has 0 unspecified atom stereocenters. The normalized spacial score (nSPS) is 10.7. The first-order valence-electron chi connectivity index (χ1n) is 5.27. The summed E-state index contributed by atoms with van der Waals surface area (Å²) in [4.78, 5) is -0.385. The first kappa shape index (κ1) is 15.8. The van der Waals surface area contributed by atoms with Crippen molar-refractivity contribution < 1.29 is 17.7 Å². The second-order valence-corrected chi connectivity index (χ2v) is 5.24. The molecule has 2 aromatic rings. The van der Waals surface area contributed by atoms with Crippen LogP contribution in [0.1, 0.15) is 0 Å². The quantitative estimate of drug-likeness (QED) is 0.500. The van der Waals surface area contributed by atoms with Gasteiger partial charge in [0, 0.05) is 11.4 Å². The Morgan fingerprint density at radius 2 is 1.50 bits per heavy atom. The molecule has 2 rings (SSSR count). The van der Waals surface area contributed by atoms with Gasteiger partial charge in [0.1, 0.15) is 16.4 Å². The summed E-state index contributed by atoms with van der Waals surface area (Å²) in [7, 11) is -4.41. The standard InChI is InChI=1S/C12H12N2O4S.H3N/c13-8-1-4-10(5-2-8)18-11-6-3-9(14)7-12(11)19(15,16)17;/h1-7H,13-14H2,(H,15,16,17);1H3. The smallest absolute Gasteiger partial charge is 0.298 e. The minimum atomic E-state index is -4.41. The van der Waals surface area contributed by atoms with Crippen LogP contribution in [0, 0.1) is 0 Å². The van der Waals surface area contributed by atoms with Crippen LogP contribution in [0.3, 0.4) is 0 Å². The maximum Gasteiger partial charge on any atom is 0.298 e. The van der Waals surface area contributed by atoms with Crippen LogP contribution in [0.4, 0.5) is 11.4 Å². The summed E-state index contributed by atoms with van der Waals surface area (Å²) in [6, 6.07) is 10.4. The van der Waals surface area contributed by atoms with E-state index in [-0.39, 0.29) is 22.5 Å². The molecule has 7 nitrogen and oxygen atoms in total. The Kier molecular flexibility index (Phi) is 4.56. The fraction of sp³-hybridized carbons (Fsp3) is 0. The van der Waals surface area contributed by atoms with Gasteiger partial charge in [-0.05, 0) is 42.5 Å². The first-order valence-corrected chi connectivity index (χ1v) is 6.71. The lowest BCUT2D eigenvalue weighted by atomic mass is 10.3. The zero-order valence-electron chi connectivity index (χ0n) is 10.5. The molecule has 0 aliphatic carbocycles. The zero-order chi connectivity index (χ0) is 14.0. The summed E-state index contributed by atoms with van der Waals surface area (Å²) in [5.41, 5.74) is 11.8. The second-order valence-electron chi connectivity index (χ2n) is 3.85. The van der Waals surface area contributed by atoms with Crippen molar-refractivity contribution in [2.75, 3.05) is 11.5 Å². The molecule has 8 heteroatoms. The van der Waals surface area contributed by atoms with Gasteiger partial charge in [-0.2, -0.15) is 8.42 Å². The number of anilines is 2. The molecule has 2 aromatic carbocycles. The third kappa shape index (κ3) is 3.60. The average Bonchev–Trinajstić information content (AvgIpc) is 2.33. The molecule has 0 aliphatic rings. The highest BCUT2D eigenvalue weighted by Crippen LogP contribution is 2.30. The fourth-order valence-electron chi connectivity index (χ4n) is 1.47. The van der Waals surface area contributed by atoms with Crippen LogP contribution in [0.25, 0.3) is 0 Å². The van der Waals surface area contributed by atoms with E-state index in [1.807, 2.05) is 0 Å². The van der Waals surface area contributed by atoms with Gasteiger partial charge >= 0.3 is 0 Å². The predicted octanol–water partition coefficient (Wildman–Crippen LogP) is 2.05. The first-order chi connectivity index (χ1) is 8.86. The van der Waals surface area contributed by atoms with Crippen LogP contribution in [-0.2, 0) is 10.1 Å². The largest absolute Gasteiger partial charge is 0.456 e. The Morgan fingerprint density at radius 3 is 2.05 bits per heavy atom. The van der Waals surface area contributed by atoms with Gasteiger partial charge in [0.05, 0.1) is 0 Å². The van der Waals surface area contributed by atoms with Crippen molar-refractivity contribution in [3.63, 3.8) is 0 Å². The van der Waals surface area contributed by atoms with E-state index in [9.17, 15) is 8.42 Å². The minimum Gasteiger partial charge on any atom is -0.456 e. The lowest BCUT2D eigenvalue weighted by Crippen LogP contribution is -2.02. The SMILES string of the molecule is N.Nc1ccc(Oc2ccc(N)cc2S(=O)(=O)O)cc1. The van der Waals surface area contributed by atoms with Gasteiger partial charge in [-0.25, -0.2) is 0 Å². The minimum absolute atomic E-state index is 0. The summed E-state index contributed by atoms with van der Waals surface area (Å²) in [5, 5.41) is 0. The van der Waals surface area contributed by atoms with E-state index in [1.54, 1.807) is 24.3 Å². The highest BCUT2D eigenvalue weighted by Gasteiger charge is 2.17. The molecule has 0 saturated carbocycles. The van der Waals surface area contributed by atoms with Gasteiger partial charge in [0.2, 0.25) is 0 Å². The van der Waals surface area contributed by atoms with Crippen LogP contribution in [-0.4, -0.2) is 13.0 Å². The van der Waals surface area contributed by atoms with Crippen LogP contribution >= 0.6 is 0 Å². The van der Waals surface area contributed by atoms with Crippen LogP contribution in [0.2, 0.25) is 0 Å². The molecule has 20 heavy (non-hydrogen) atoms. The maximum absolute atomic E-state index is 11.3. The third-order valence-electron chi connectivity index (χ3n) is 2.35. The molecule has 0 atom stereocenters. The van der Waals surface area contributed by atoms with Crippen molar-refractivity contribution in [3.05, 3.63) is 42.5 Å². The Labute approximate surface area is 116 Å². The van der Waals surface area contributed by atoms with Gasteiger partial charge in [-0.1, -0.05) is 0 Å². The van der Waals surface area contributed by atoms with Gasteiger partial charge in [0.25, 0.3) is 10.1 Å². The van der Waals surface area contributed by atoms with Crippen LogP contribution in [0.15, 0.2) is 47.4 Å². The number of nitrogen functional groups attached to an aromatic ring is 2. The van der Waals surface area contributed by atoms with Gasteiger partial charge < -0.3 is 22.4 Å². The highest BCUT2D eigenvalue weighted by atomic mass is 32.2. The van der Waals surface area contributed by atoms with Crippen molar-refractivity contribution in [3.8, 4) is 11.5 Å². The molecular formula is C12H15N3O4S. The molecule has 0 saturated heterocycles. The number of hydrogen-bond acceptors (Lipinski definition) is 6. The summed E-state index contributed by atoms with van der Waals surface area (Å²) in [6.45, 7) is 0. The Hall–Kier alpha value is -2.29.